The second-order valence-electron chi connectivity index (χ2n) is 5.11. The summed E-state index contributed by atoms with van der Waals surface area (Å²) in [5.74, 6) is 0.702. The summed E-state index contributed by atoms with van der Waals surface area (Å²) in [6, 6.07) is 6.59. The molecule has 1 aromatic carbocycles. The Labute approximate surface area is 120 Å². The smallest absolute Gasteiger partial charge is 0.257 e. The first-order valence-corrected chi connectivity index (χ1v) is 7.50. The second-order valence-corrected chi connectivity index (χ2v) is 5.11. The lowest BCUT2D eigenvalue weighted by molar-refractivity contribution is -0.122. The molecule has 1 unspecified atom stereocenters. The second kappa shape index (κ2) is 7.29. The molecule has 1 atom stereocenters. The van der Waals surface area contributed by atoms with E-state index in [2.05, 4.69) is 29.7 Å². The Bertz CT molecular complexity index is 460. The number of fused-ring (bicyclic) bond motifs is 1. The Morgan fingerprint density at radius 3 is 2.95 bits per heavy atom. The Balaban J connectivity index is 2.05. The summed E-state index contributed by atoms with van der Waals surface area (Å²) < 4.78 is 5.57. The number of hydrogen-bond donors (Lipinski definition) is 2. The number of aryl methyl sites for hydroxylation is 1. The molecule has 0 saturated carbocycles. The Kier molecular flexibility index (Phi) is 5.41. The van der Waals surface area contributed by atoms with E-state index in [1.54, 1.807) is 0 Å². The number of carbonyl (C=O) groups is 1. The standard InChI is InChI=1S/C16H24N2O2/c1-3-17-15-7-5-6-12-8-9-13(10-14(12)15)20-11-16(19)18-4-2/h8-10,15,17H,3-7,11H2,1-2H3,(H,18,19). The van der Waals surface area contributed by atoms with Gasteiger partial charge in [0, 0.05) is 12.6 Å². The molecule has 1 aliphatic rings. The van der Waals surface area contributed by atoms with Gasteiger partial charge in [0.15, 0.2) is 6.61 Å². The molecule has 1 amide bonds. The van der Waals surface area contributed by atoms with Crippen molar-refractivity contribution in [3.05, 3.63) is 29.3 Å². The van der Waals surface area contributed by atoms with Crippen LogP contribution in [0.4, 0.5) is 0 Å². The summed E-state index contributed by atoms with van der Waals surface area (Å²) in [4.78, 5) is 11.4. The van der Waals surface area contributed by atoms with Crippen LogP contribution in [0.2, 0.25) is 0 Å². The van der Waals surface area contributed by atoms with Crippen LogP contribution < -0.4 is 15.4 Å². The maximum atomic E-state index is 11.4. The molecule has 0 bridgehead atoms. The van der Waals surface area contributed by atoms with Crippen LogP contribution in [-0.4, -0.2) is 25.6 Å². The summed E-state index contributed by atoms with van der Waals surface area (Å²) in [6.07, 6.45) is 3.53. The van der Waals surface area contributed by atoms with Gasteiger partial charge in [-0.15, -0.1) is 0 Å². The van der Waals surface area contributed by atoms with Gasteiger partial charge in [-0.25, -0.2) is 0 Å². The first-order chi connectivity index (χ1) is 9.74. The van der Waals surface area contributed by atoms with Crippen molar-refractivity contribution in [3.63, 3.8) is 0 Å². The van der Waals surface area contributed by atoms with E-state index in [0.717, 1.165) is 18.7 Å². The van der Waals surface area contributed by atoms with Crippen molar-refractivity contribution in [1.29, 1.82) is 0 Å². The molecule has 0 spiro atoms. The maximum absolute atomic E-state index is 11.4. The van der Waals surface area contributed by atoms with E-state index < -0.39 is 0 Å². The van der Waals surface area contributed by atoms with Crippen molar-refractivity contribution in [3.8, 4) is 5.75 Å². The molecule has 0 aliphatic heterocycles. The minimum atomic E-state index is -0.0755. The van der Waals surface area contributed by atoms with Gasteiger partial charge < -0.3 is 15.4 Å². The molecule has 1 aliphatic carbocycles. The highest BCUT2D eigenvalue weighted by molar-refractivity contribution is 5.77. The van der Waals surface area contributed by atoms with E-state index >= 15 is 0 Å². The fourth-order valence-electron chi connectivity index (χ4n) is 2.72. The number of hydrogen-bond acceptors (Lipinski definition) is 3. The van der Waals surface area contributed by atoms with Crippen LogP contribution in [0.15, 0.2) is 18.2 Å². The lowest BCUT2D eigenvalue weighted by Gasteiger charge is -2.26. The third-order valence-electron chi connectivity index (χ3n) is 3.63. The summed E-state index contributed by atoms with van der Waals surface area (Å²) in [6.45, 7) is 5.71. The third-order valence-corrected chi connectivity index (χ3v) is 3.63. The van der Waals surface area contributed by atoms with E-state index in [0.29, 0.717) is 12.6 Å². The first kappa shape index (κ1) is 14.9. The van der Waals surface area contributed by atoms with Crippen molar-refractivity contribution in [2.45, 2.75) is 39.2 Å². The average Bonchev–Trinajstić information content (AvgIpc) is 2.46. The maximum Gasteiger partial charge on any atom is 0.257 e. The molecule has 0 radical (unpaired) electrons. The van der Waals surface area contributed by atoms with Crippen molar-refractivity contribution < 1.29 is 9.53 Å². The minimum absolute atomic E-state index is 0.0755. The van der Waals surface area contributed by atoms with Crippen LogP contribution in [-0.2, 0) is 11.2 Å². The molecule has 20 heavy (non-hydrogen) atoms. The van der Waals surface area contributed by atoms with Gasteiger partial charge in [-0.05, 0) is 56.0 Å². The molecular weight excluding hydrogens is 252 g/mol. The topological polar surface area (TPSA) is 50.4 Å². The largest absolute Gasteiger partial charge is 0.484 e. The molecular formula is C16H24N2O2. The SMILES string of the molecule is CCNC(=O)COc1ccc2c(c1)C(NCC)CCC2. The quantitative estimate of drug-likeness (QED) is 0.837. The van der Waals surface area contributed by atoms with Crippen molar-refractivity contribution >= 4 is 5.91 Å². The highest BCUT2D eigenvalue weighted by Crippen LogP contribution is 2.32. The van der Waals surface area contributed by atoms with Crippen LogP contribution in [0.5, 0.6) is 5.75 Å². The van der Waals surface area contributed by atoms with Crippen LogP contribution in [0.3, 0.4) is 0 Å². The number of amides is 1. The summed E-state index contributed by atoms with van der Waals surface area (Å²) >= 11 is 0. The van der Waals surface area contributed by atoms with Gasteiger partial charge in [-0.1, -0.05) is 13.0 Å². The normalized spacial score (nSPS) is 17.4. The zero-order valence-electron chi connectivity index (χ0n) is 12.4. The Morgan fingerprint density at radius 1 is 1.35 bits per heavy atom. The molecule has 0 fully saturated rings. The number of benzene rings is 1. The van der Waals surface area contributed by atoms with Crippen molar-refractivity contribution in [2.75, 3.05) is 19.7 Å². The number of likely N-dealkylation sites (N-methyl/N-ethyl adjacent to an activating group) is 1. The summed E-state index contributed by atoms with van der Waals surface area (Å²) in [5.41, 5.74) is 2.72. The molecule has 1 aromatic rings. The van der Waals surface area contributed by atoms with E-state index in [9.17, 15) is 4.79 Å². The average molecular weight is 276 g/mol. The third kappa shape index (κ3) is 3.73. The predicted octanol–water partition coefficient (Wildman–Crippen LogP) is 2.19. The lowest BCUT2D eigenvalue weighted by atomic mass is 9.87. The van der Waals surface area contributed by atoms with Gasteiger partial charge in [0.25, 0.3) is 5.91 Å². The fourth-order valence-corrected chi connectivity index (χ4v) is 2.72. The van der Waals surface area contributed by atoms with Gasteiger partial charge in [0.1, 0.15) is 5.75 Å². The number of carbonyl (C=O) groups excluding carboxylic acids is 1. The van der Waals surface area contributed by atoms with Crippen molar-refractivity contribution in [2.24, 2.45) is 0 Å². The van der Waals surface area contributed by atoms with Crippen LogP contribution in [0.25, 0.3) is 0 Å². The minimum Gasteiger partial charge on any atom is -0.484 e. The van der Waals surface area contributed by atoms with E-state index in [1.807, 2.05) is 13.0 Å². The van der Waals surface area contributed by atoms with E-state index in [4.69, 9.17) is 4.74 Å². The molecule has 2 N–H and O–H groups in total. The first-order valence-electron chi connectivity index (χ1n) is 7.50. The number of ether oxygens (including phenoxy) is 1. The summed E-state index contributed by atoms with van der Waals surface area (Å²) in [7, 11) is 0. The van der Waals surface area contributed by atoms with Gasteiger partial charge in [0.2, 0.25) is 0 Å². The van der Waals surface area contributed by atoms with E-state index in [-0.39, 0.29) is 12.5 Å². The molecule has 110 valence electrons. The molecule has 2 rings (SSSR count). The molecule has 4 heteroatoms. The summed E-state index contributed by atoms with van der Waals surface area (Å²) in [5, 5.41) is 6.25. The highest BCUT2D eigenvalue weighted by atomic mass is 16.5. The molecule has 0 saturated heterocycles. The Morgan fingerprint density at radius 2 is 2.20 bits per heavy atom. The highest BCUT2D eigenvalue weighted by Gasteiger charge is 2.19. The zero-order chi connectivity index (χ0) is 14.4. The van der Waals surface area contributed by atoms with Gasteiger partial charge >= 0.3 is 0 Å². The predicted molar refractivity (Wildman–Crippen MR) is 80.0 cm³/mol. The van der Waals surface area contributed by atoms with Gasteiger partial charge in [0.05, 0.1) is 0 Å². The van der Waals surface area contributed by atoms with Gasteiger partial charge in [-0.2, -0.15) is 0 Å². The number of rotatable bonds is 6. The Hall–Kier alpha value is -1.55. The van der Waals surface area contributed by atoms with E-state index in [1.165, 1.54) is 24.0 Å². The van der Waals surface area contributed by atoms with Crippen LogP contribution in [0, 0.1) is 0 Å². The monoisotopic (exact) mass is 276 g/mol. The molecule has 0 aromatic heterocycles. The van der Waals surface area contributed by atoms with Gasteiger partial charge in [-0.3, -0.25) is 4.79 Å². The number of nitrogens with one attached hydrogen (secondary N) is 2. The zero-order valence-corrected chi connectivity index (χ0v) is 12.4. The van der Waals surface area contributed by atoms with Crippen LogP contribution >= 0.6 is 0 Å². The fraction of sp³-hybridized carbons (Fsp3) is 0.562. The van der Waals surface area contributed by atoms with Crippen molar-refractivity contribution in [1.82, 2.24) is 10.6 Å². The molecule has 0 heterocycles. The molecule has 4 nitrogen and oxygen atoms in total. The van der Waals surface area contributed by atoms with Crippen LogP contribution in [0.1, 0.15) is 43.9 Å². The lowest BCUT2D eigenvalue weighted by Crippen LogP contribution is -2.28.